The van der Waals surface area contributed by atoms with Gasteiger partial charge in [-0.1, -0.05) is 30.3 Å². The van der Waals surface area contributed by atoms with Gasteiger partial charge in [0, 0.05) is 17.7 Å². The lowest BCUT2D eigenvalue weighted by Gasteiger charge is -2.14. The zero-order valence-electron chi connectivity index (χ0n) is 13.4. The van der Waals surface area contributed by atoms with Gasteiger partial charge in [-0.05, 0) is 37.1 Å². The van der Waals surface area contributed by atoms with E-state index in [1.807, 2.05) is 36.7 Å². The maximum absolute atomic E-state index is 9.60. The van der Waals surface area contributed by atoms with Crippen molar-refractivity contribution >= 4 is 0 Å². The van der Waals surface area contributed by atoms with Gasteiger partial charge in [-0.15, -0.1) is 0 Å². The molecule has 0 saturated carbocycles. The van der Waals surface area contributed by atoms with Crippen molar-refractivity contribution in [3.63, 3.8) is 0 Å². The van der Waals surface area contributed by atoms with Crippen LogP contribution in [0.2, 0.25) is 0 Å². The lowest BCUT2D eigenvalue weighted by atomic mass is 10.0. The van der Waals surface area contributed by atoms with Gasteiger partial charge in [0.2, 0.25) is 0 Å². The highest BCUT2D eigenvalue weighted by Crippen LogP contribution is 2.32. The number of hydrogen-bond acceptors (Lipinski definition) is 3. The normalized spacial score (nSPS) is 17.2. The lowest BCUT2D eigenvalue weighted by molar-refractivity contribution is 0.0973. The van der Waals surface area contributed by atoms with Crippen LogP contribution in [-0.4, -0.2) is 27.4 Å². The second-order valence-electron chi connectivity index (χ2n) is 6.14. The molecule has 4 rings (SSSR count). The first-order valence-corrected chi connectivity index (χ1v) is 8.33. The summed E-state index contributed by atoms with van der Waals surface area (Å²) in [6.45, 7) is 1.65. The van der Waals surface area contributed by atoms with E-state index < -0.39 is 0 Å². The number of imidazole rings is 1. The Bertz CT molecular complexity index is 803. The molecule has 0 spiro atoms. The Morgan fingerprint density at radius 1 is 1.04 bits per heavy atom. The number of hydrogen-bond donors (Lipinski definition) is 1. The Labute approximate surface area is 141 Å². The Hall–Kier alpha value is -2.59. The van der Waals surface area contributed by atoms with Crippen LogP contribution in [0, 0.1) is 0 Å². The molecular weight excluding hydrogens is 300 g/mol. The fourth-order valence-corrected chi connectivity index (χ4v) is 3.26. The lowest BCUT2D eigenvalue weighted by Crippen LogP contribution is -2.15. The number of ether oxygens (including phenoxy) is 1. The topological polar surface area (TPSA) is 47.3 Å². The average Bonchev–Trinajstić information content (AvgIpc) is 3.27. The summed E-state index contributed by atoms with van der Waals surface area (Å²) in [5.41, 5.74) is 4.16. The smallest absolute Gasteiger partial charge is 0.115 e. The van der Waals surface area contributed by atoms with Crippen molar-refractivity contribution in [2.75, 3.05) is 6.61 Å². The van der Waals surface area contributed by atoms with Gasteiger partial charge in [0.25, 0.3) is 0 Å². The van der Waals surface area contributed by atoms with Crippen LogP contribution in [0.25, 0.3) is 22.5 Å². The minimum absolute atomic E-state index is 0.249. The molecule has 3 aromatic rings. The summed E-state index contributed by atoms with van der Waals surface area (Å²) in [4.78, 5) is 4.67. The summed E-state index contributed by atoms with van der Waals surface area (Å²) >= 11 is 0. The standard InChI is InChI=1S/C20H20N2O2/c23-17-10-8-16(9-11-17)20-19(15-5-2-1-3-6-15)21-14-22(20)13-18-7-4-12-24-18/h1-3,5-6,8-11,14,18,23H,4,7,12-13H2. The second-order valence-corrected chi connectivity index (χ2v) is 6.14. The minimum Gasteiger partial charge on any atom is -0.508 e. The quantitative estimate of drug-likeness (QED) is 0.787. The van der Waals surface area contributed by atoms with Crippen molar-refractivity contribution in [3.05, 3.63) is 60.9 Å². The van der Waals surface area contributed by atoms with Crippen LogP contribution < -0.4 is 0 Å². The van der Waals surface area contributed by atoms with Crippen molar-refractivity contribution in [2.24, 2.45) is 0 Å². The first-order chi connectivity index (χ1) is 11.8. The van der Waals surface area contributed by atoms with Gasteiger partial charge in [-0.2, -0.15) is 0 Å². The Morgan fingerprint density at radius 2 is 1.83 bits per heavy atom. The van der Waals surface area contributed by atoms with Crippen LogP contribution in [0.5, 0.6) is 5.75 Å². The Balaban J connectivity index is 1.79. The van der Waals surface area contributed by atoms with Crippen molar-refractivity contribution < 1.29 is 9.84 Å². The largest absolute Gasteiger partial charge is 0.508 e. The van der Waals surface area contributed by atoms with E-state index in [0.717, 1.165) is 48.5 Å². The fraction of sp³-hybridized carbons (Fsp3) is 0.250. The Morgan fingerprint density at radius 3 is 2.54 bits per heavy atom. The number of benzene rings is 2. The van der Waals surface area contributed by atoms with Crippen molar-refractivity contribution in [3.8, 4) is 28.3 Å². The summed E-state index contributed by atoms with van der Waals surface area (Å²) in [5.74, 6) is 0.269. The fourth-order valence-electron chi connectivity index (χ4n) is 3.26. The molecule has 1 aromatic heterocycles. The summed E-state index contributed by atoms with van der Waals surface area (Å²) in [6, 6.07) is 17.5. The number of aromatic nitrogens is 2. The van der Waals surface area contributed by atoms with Crippen LogP contribution in [0.15, 0.2) is 60.9 Å². The van der Waals surface area contributed by atoms with E-state index in [1.165, 1.54) is 0 Å². The molecule has 1 fully saturated rings. The zero-order chi connectivity index (χ0) is 16.4. The zero-order valence-corrected chi connectivity index (χ0v) is 13.4. The molecule has 2 heterocycles. The number of aromatic hydroxyl groups is 1. The van der Waals surface area contributed by atoms with Crippen LogP contribution in [0.4, 0.5) is 0 Å². The average molecular weight is 320 g/mol. The van der Waals surface area contributed by atoms with Crippen molar-refractivity contribution in [1.29, 1.82) is 0 Å². The summed E-state index contributed by atoms with van der Waals surface area (Å²) in [6.07, 6.45) is 4.36. The van der Waals surface area contributed by atoms with Gasteiger partial charge in [-0.25, -0.2) is 4.98 Å². The van der Waals surface area contributed by atoms with Crippen molar-refractivity contribution in [2.45, 2.75) is 25.5 Å². The van der Waals surface area contributed by atoms with E-state index in [2.05, 4.69) is 21.7 Å². The SMILES string of the molecule is Oc1ccc(-c2c(-c3ccccc3)ncn2CC2CCCO2)cc1. The highest BCUT2D eigenvalue weighted by molar-refractivity contribution is 5.78. The van der Waals surface area contributed by atoms with E-state index >= 15 is 0 Å². The summed E-state index contributed by atoms with van der Waals surface area (Å²) in [7, 11) is 0. The van der Waals surface area contributed by atoms with Crippen LogP contribution in [0.3, 0.4) is 0 Å². The highest BCUT2D eigenvalue weighted by atomic mass is 16.5. The number of nitrogens with zero attached hydrogens (tertiary/aromatic N) is 2. The Kier molecular flexibility index (Phi) is 4.05. The molecule has 0 amide bonds. The molecule has 0 aliphatic carbocycles. The predicted molar refractivity (Wildman–Crippen MR) is 93.7 cm³/mol. The molecule has 0 radical (unpaired) electrons. The van der Waals surface area contributed by atoms with Gasteiger partial charge in [0.15, 0.2) is 0 Å². The molecule has 1 atom stereocenters. The predicted octanol–water partition coefficient (Wildman–Crippen LogP) is 4.10. The van der Waals surface area contributed by atoms with E-state index in [1.54, 1.807) is 12.1 Å². The second kappa shape index (κ2) is 6.49. The molecule has 4 nitrogen and oxygen atoms in total. The monoisotopic (exact) mass is 320 g/mol. The third-order valence-electron chi connectivity index (χ3n) is 4.45. The first-order valence-electron chi connectivity index (χ1n) is 8.33. The maximum atomic E-state index is 9.60. The van der Waals surface area contributed by atoms with Crippen molar-refractivity contribution in [1.82, 2.24) is 9.55 Å². The molecule has 0 bridgehead atoms. The third-order valence-corrected chi connectivity index (χ3v) is 4.45. The summed E-state index contributed by atoms with van der Waals surface area (Å²) < 4.78 is 7.96. The number of phenolic OH excluding ortho intramolecular Hbond substituents is 1. The first kappa shape index (κ1) is 15.0. The molecule has 1 saturated heterocycles. The van der Waals surface area contributed by atoms with Crippen LogP contribution in [-0.2, 0) is 11.3 Å². The number of phenols is 1. The minimum atomic E-state index is 0.249. The van der Waals surface area contributed by atoms with E-state index in [9.17, 15) is 5.11 Å². The molecule has 122 valence electrons. The van der Waals surface area contributed by atoms with E-state index in [4.69, 9.17) is 4.74 Å². The maximum Gasteiger partial charge on any atom is 0.115 e. The van der Waals surface area contributed by atoms with Crippen LogP contribution in [0.1, 0.15) is 12.8 Å². The highest BCUT2D eigenvalue weighted by Gasteiger charge is 2.20. The van der Waals surface area contributed by atoms with Gasteiger partial charge >= 0.3 is 0 Å². The van der Waals surface area contributed by atoms with Gasteiger partial charge in [-0.3, -0.25) is 0 Å². The molecule has 2 aromatic carbocycles. The molecule has 1 N–H and O–H groups in total. The van der Waals surface area contributed by atoms with Gasteiger partial charge in [0.05, 0.1) is 30.4 Å². The third kappa shape index (κ3) is 2.93. The van der Waals surface area contributed by atoms with Crippen LogP contribution >= 0.6 is 0 Å². The van der Waals surface area contributed by atoms with Gasteiger partial charge in [0.1, 0.15) is 5.75 Å². The molecule has 1 unspecified atom stereocenters. The van der Waals surface area contributed by atoms with E-state index in [0.29, 0.717) is 0 Å². The molecular formula is C20H20N2O2. The molecule has 1 aliphatic heterocycles. The molecule has 1 aliphatic rings. The van der Waals surface area contributed by atoms with E-state index in [-0.39, 0.29) is 11.9 Å². The molecule has 4 heteroatoms. The summed E-state index contributed by atoms with van der Waals surface area (Å²) in [5, 5.41) is 9.60. The molecule has 24 heavy (non-hydrogen) atoms. The number of rotatable bonds is 4. The van der Waals surface area contributed by atoms with Gasteiger partial charge < -0.3 is 14.4 Å².